The Morgan fingerprint density at radius 3 is 2.38 bits per heavy atom. The van der Waals surface area contributed by atoms with Crippen LogP contribution in [0.3, 0.4) is 0 Å². The summed E-state index contributed by atoms with van der Waals surface area (Å²) >= 11 is 0. The average Bonchev–Trinajstić information content (AvgIpc) is 1.95. The number of carbonyl (C=O) groups excluding carboxylic acids is 1. The third-order valence-electron chi connectivity index (χ3n) is 1.29. The number of primary sulfonamides is 1. The fourth-order valence-corrected chi connectivity index (χ4v) is 1.17. The van der Waals surface area contributed by atoms with Gasteiger partial charge in [0.2, 0.25) is 10.0 Å². The quantitative estimate of drug-likeness (QED) is 0.578. The minimum Gasteiger partial charge on any atom is -0.338 e. The van der Waals surface area contributed by atoms with Crippen LogP contribution in [0.1, 0.15) is 6.42 Å². The van der Waals surface area contributed by atoms with Gasteiger partial charge < -0.3 is 10.2 Å². The summed E-state index contributed by atoms with van der Waals surface area (Å²) in [5.41, 5.74) is 0. The number of urea groups is 1. The van der Waals surface area contributed by atoms with E-state index in [1.807, 2.05) is 0 Å². The topological polar surface area (TPSA) is 92.5 Å². The fraction of sp³-hybridized carbons (Fsp3) is 0.833. The molecule has 0 fully saturated rings. The van der Waals surface area contributed by atoms with Crippen molar-refractivity contribution >= 4 is 16.1 Å². The molecule has 0 spiro atoms. The smallest absolute Gasteiger partial charge is 0.316 e. The number of carbonyl (C=O) groups is 1. The van der Waals surface area contributed by atoms with Crippen molar-refractivity contribution in [3.05, 3.63) is 0 Å². The molecule has 3 N–H and O–H groups in total. The average molecular weight is 209 g/mol. The Bertz CT molecular complexity index is 260. The number of hydrogen-bond acceptors (Lipinski definition) is 3. The zero-order valence-electron chi connectivity index (χ0n) is 7.78. The molecule has 0 saturated heterocycles. The fourth-order valence-electron chi connectivity index (χ4n) is 0.627. The van der Waals surface area contributed by atoms with Crippen molar-refractivity contribution in [2.45, 2.75) is 6.42 Å². The van der Waals surface area contributed by atoms with Gasteiger partial charge in [0.1, 0.15) is 0 Å². The van der Waals surface area contributed by atoms with Crippen LogP contribution in [0.25, 0.3) is 0 Å². The van der Waals surface area contributed by atoms with Crippen molar-refractivity contribution < 1.29 is 13.2 Å². The van der Waals surface area contributed by atoms with E-state index < -0.39 is 10.0 Å². The first kappa shape index (κ1) is 12.2. The van der Waals surface area contributed by atoms with Gasteiger partial charge >= 0.3 is 6.03 Å². The minimum atomic E-state index is -3.41. The highest BCUT2D eigenvalue weighted by molar-refractivity contribution is 7.89. The molecular formula is C6H15N3O3S. The predicted molar refractivity (Wildman–Crippen MR) is 49.7 cm³/mol. The van der Waals surface area contributed by atoms with Gasteiger partial charge in [-0.2, -0.15) is 0 Å². The van der Waals surface area contributed by atoms with Gasteiger partial charge in [0, 0.05) is 20.6 Å². The Kier molecular flexibility index (Phi) is 4.71. The lowest BCUT2D eigenvalue weighted by molar-refractivity contribution is 0.217. The second-order valence-corrected chi connectivity index (χ2v) is 4.58. The molecule has 0 atom stereocenters. The van der Waals surface area contributed by atoms with E-state index in [9.17, 15) is 13.2 Å². The molecular weight excluding hydrogens is 194 g/mol. The van der Waals surface area contributed by atoms with Crippen molar-refractivity contribution in [2.75, 3.05) is 26.4 Å². The molecule has 0 saturated carbocycles. The number of nitrogens with two attached hydrogens (primary N) is 1. The van der Waals surface area contributed by atoms with Crippen LogP contribution >= 0.6 is 0 Å². The third kappa shape index (κ3) is 7.54. The lowest BCUT2D eigenvalue weighted by Gasteiger charge is -2.11. The molecule has 0 aliphatic rings. The molecule has 0 radical (unpaired) electrons. The highest BCUT2D eigenvalue weighted by Gasteiger charge is 2.04. The lowest BCUT2D eigenvalue weighted by atomic mass is 10.5. The Hall–Kier alpha value is -0.820. The van der Waals surface area contributed by atoms with Crippen LogP contribution in [-0.4, -0.2) is 45.7 Å². The van der Waals surface area contributed by atoms with E-state index in [0.29, 0.717) is 13.0 Å². The van der Waals surface area contributed by atoms with Gasteiger partial charge in [-0.15, -0.1) is 0 Å². The van der Waals surface area contributed by atoms with Crippen LogP contribution < -0.4 is 10.5 Å². The summed E-state index contributed by atoms with van der Waals surface area (Å²) < 4.78 is 20.9. The van der Waals surface area contributed by atoms with Crippen molar-refractivity contribution in [2.24, 2.45) is 5.14 Å². The summed E-state index contributed by atoms with van der Waals surface area (Å²) in [6.45, 7) is 0.313. The lowest BCUT2D eigenvalue weighted by Crippen LogP contribution is -2.35. The summed E-state index contributed by atoms with van der Waals surface area (Å²) in [5, 5.41) is 7.28. The Balaban J connectivity index is 3.53. The van der Waals surface area contributed by atoms with E-state index >= 15 is 0 Å². The number of hydrogen-bond donors (Lipinski definition) is 2. The molecule has 0 rings (SSSR count). The molecule has 13 heavy (non-hydrogen) atoms. The molecule has 0 heterocycles. The molecule has 6 nitrogen and oxygen atoms in total. The van der Waals surface area contributed by atoms with Crippen LogP contribution in [0, 0.1) is 0 Å². The second-order valence-electron chi connectivity index (χ2n) is 2.85. The third-order valence-corrected chi connectivity index (χ3v) is 2.15. The SMILES string of the molecule is CN(C)C(=O)NCCCS(N)(=O)=O. The molecule has 0 aromatic heterocycles. The predicted octanol–water partition coefficient (Wildman–Crippen LogP) is -1.06. The van der Waals surface area contributed by atoms with Crippen molar-refractivity contribution in [3.63, 3.8) is 0 Å². The standard InChI is InChI=1S/C6H15N3O3S/c1-9(2)6(10)8-4-3-5-13(7,11)12/h3-5H2,1-2H3,(H,8,10)(H2,7,11,12). The largest absolute Gasteiger partial charge is 0.338 e. The van der Waals surface area contributed by atoms with Crippen LogP contribution in [0.15, 0.2) is 0 Å². The van der Waals surface area contributed by atoms with E-state index in [1.165, 1.54) is 4.90 Å². The maximum absolute atomic E-state index is 10.9. The molecule has 2 amide bonds. The molecule has 78 valence electrons. The number of nitrogens with zero attached hydrogens (tertiary/aromatic N) is 1. The molecule has 7 heteroatoms. The van der Waals surface area contributed by atoms with Crippen LogP contribution in [-0.2, 0) is 10.0 Å². The van der Waals surface area contributed by atoms with E-state index in [1.54, 1.807) is 14.1 Å². The molecule has 0 bridgehead atoms. The van der Waals surface area contributed by atoms with Crippen LogP contribution in [0.4, 0.5) is 4.79 Å². The normalized spacial score (nSPS) is 11.0. The summed E-state index contributed by atoms with van der Waals surface area (Å²) in [7, 11) is -0.195. The Morgan fingerprint density at radius 1 is 1.46 bits per heavy atom. The highest BCUT2D eigenvalue weighted by atomic mass is 32.2. The summed E-state index contributed by atoms with van der Waals surface area (Å²) in [6, 6.07) is -0.241. The Morgan fingerprint density at radius 2 is 2.00 bits per heavy atom. The first-order valence-corrected chi connectivity index (χ1v) is 5.50. The number of sulfonamides is 1. The first-order chi connectivity index (χ1) is 5.83. The number of amides is 2. The molecule has 0 aliphatic carbocycles. The molecule has 0 aromatic carbocycles. The van der Waals surface area contributed by atoms with Gasteiger partial charge in [-0.05, 0) is 6.42 Å². The van der Waals surface area contributed by atoms with Crippen molar-refractivity contribution in [3.8, 4) is 0 Å². The maximum atomic E-state index is 10.9. The zero-order valence-corrected chi connectivity index (χ0v) is 8.60. The van der Waals surface area contributed by atoms with E-state index in [2.05, 4.69) is 5.32 Å². The van der Waals surface area contributed by atoms with Crippen LogP contribution in [0.5, 0.6) is 0 Å². The van der Waals surface area contributed by atoms with Gasteiger partial charge in [-0.25, -0.2) is 18.4 Å². The van der Waals surface area contributed by atoms with Gasteiger partial charge in [0.05, 0.1) is 5.75 Å². The number of nitrogens with one attached hydrogen (secondary N) is 1. The van der Waals surface area contributed by atoms with Gasteiger partial charge in [-0.3, -0.25) is 0 Å². The number of rotatable bonds is 4. The maximum Gasteiger partial charge on any atom is 0.316 e. The monoisotopic (exact) mass is 209 g/mol. The van der Waals surface area contributed by atoms with Gasteiger partial charge in [0.15, 0.2) is 0 Å². The van der Waals surface area contributed by atoms with Crippen LogP contribution in [0.2, 0.25) is 0 Å². The summed E-state index contributed by atoms with van der Waals surface area (Å²) in [6.07, 6.45) is 0.332. The van der Waals surface area contributed by atoms with E-state index in [-0.39, 0.29) is 11.8 Å². The minimum absolute atomic E-state index is 0.110. The zero-order chi connectivity index (χ0) is 10.5. The van der Waals surface area contributed by atoms with Gasteiger partial charge in [-0.1, -0.05) is 0 Å². The van der Waals surface area contributed by atoms with E-state index in [4.69, 9.17) is 5.14 Å². The van der Waals surface area contributed by atoms with Crippen molar-refractivity contribution in [1.29, 1.82) is 0 Å². The highest BCUT2D eigenvalue weighted by Crippen LogP contribution is 1.84. The van der Waals surface area contributed by atoms with Crippen molar-refractivity contribution in [1.82, 2.24) is 10.2 Å². The second kappa shape index (κ2) is 5.03. The van der Waals surface area contributed by atoms with Gasteiger partial charge in [0.25, 0.3) is 0 Å². The summed E-state index contributed by atoms with van der Waals surface area (Å²) in [4.78, 5) is 12.3. The summed E-state index contributed by atoms with van der Waals surface area (Å²) in [5.74, 6) is -0.110. The molecule has 0 aliphatic heterocycles. The van der Waals surface area contributed by atoms with E-state index in [0.717, 1.165) is 0 Å². The molecule has 0 aromatic rings. The first-order valence-electron chi connectivity index (χ1n) is 3.78. The molecule has 0 unspecified atom stereocenters. The Labute approximate surface area is 78.1 Å².